The van der Waals surface area contributed by atoms with Crippen LogP contribution in [0.25, 0.3) is 0 Å². The highest BCUT2D eigenvalue weighted by molar-refractivity contribution is 5.94. The minimum atomic E-state index is -0.0415. The molecule has 5 heteroatoms. The molecule has 0 saturated heterocycles. The van der Waals surface area contributed by atoms with Crippen LogP contribution >= 0.6 is 0 Å². The summed E-state index contributed by atoms with van der Waals surface area (Å²) >= 11 is 0. The average Bonchev–Trinajstić information content (AvgIpc) is 2.80. The first-order valence-electron chi connectivity index (χ1n) is 6.55. The van der Waals surface area contributed by atoms with Crippen LogP contribution in [0.15, 0.2) is 29.3 Å². The van der Waals surface area contributed by atoms with Crippen molar-refractivity contribution in [2.24, 2.45) is 4.99 Å². The fourth-order valence-electron chi connectivity index (χ4n) is 1.91. The summed E-state index contributed by atoms with van der Waals surface area (Å²) in [4.78, 5) is 16.1. The Labute approximate surface area is 113 Å². The van der Waals surface area contributed by atoms with Gasteiger partial charge in [-0.05, 0) is 26.0 Å². The molecule has 0 spiro atoms. The van der Waals surface area contributed by atoms with Gasteiger partial charge in [0.25, 0.3) is 5.91 Å². The van der Waals surface area contributed by atoms with Crippen LogP contribution in [-0.4, -0.2) is 37.5 Å². The molecule has 0 fully saturated rings. The van der Waals surface area contributed by atoms with E-state index in [4.69, 9.17) is 0 Å². The molecule has 1 unspecified atom stereocenters. The van der Waals surface area contributed by atoms with Gasteiger partial charge in [-0.15, -0.1) is 0 Å². The predicted octanol–water partition coefficient (Wildman–Crippen LogP) is 0.662. The van der Waals surface area contributed by atoms with Gasteiger partial charge >= 0.3 is 0 Å². The van der Waals surface area contributed by atoms with Gasteiger partial charge in [0.1, 0.15) is 0 Å². The Morgan fingerprint density at radius 3 is 3.00 bits per heavy atom. The van der Waals surface area contributed by atoms with Crippen LogP contribution in [0.1, 0.15) is 22.8 Å². The highest BCUT2D eigenvalue weighted by Crippen LogP contribution is 2.03. The van der Waals surface area contributed by atoms with Crippen molar-refractivity contribution in [2.45, 2.75) is 19.9 Å². The van der Waals surface area contributed by atoms with Crippen molar-refractivity contribution >= 4 is 11.9 Å². The third-order valence-electron chi connectivity index (χ3n) is 2.89. The molecule has 0 aromatic heterocycles. The molecular weight excluding hydrogens is 240 g/mol. The van der Waals surface area contributed by atoms with E-state index in [1.54, 1.807) is 0 Å². The highest BCUT2D eigenvalue weighted by atomic mass is 16.1. The zero-order valence-corrected chi connectivity index (χ0v) is 11.4. The predicted molar refractivity (Wildman–Crippen MR) is 76.4 cm³/mol. The SMILES string of the molecule is Cc1cccc(C(=O)NCCNC2=NCC(C)N2)c1. The minimum Gasteiger partial charge on any atom is -0.355 e. The Morgan fingerprint density at radius 2 is 2.32 bits per heavy atom. The van der Waals surface area contributed by atoms with Crippen molar-refractivity contribution in [1.29, 1.82) is 0 Å². The van der Waals surface area contributed by atoms with E-state index in [2.05, 4.69) is 27.9 Å². The number of nitrogens with zero attached hydrogens (tertiary/aromatic N) is 1. The fourth-order valence-corrected chi connectivity index (χ4v) is 1.91. The molecule has 3 N–H and O–H groups in total. The Morgan fingerprint density at radius 1 is 1.47 bits per heavy atom. The standard InChI is InChI=1S/C14H20N4O/c1-10-4-3-5-12(8-10)13(19)15-6-7-16-14-17-9-11(2)18-14/h3-5,8,11H,6-7,9H2,1-2H3,(H,15,19)(H2,16,17,18). The Hall–Kier alpha value is -2.04. The van der Waals surface area contributed by atoms with E-state index in [0.29, 0.717) is 24.7 Å². The summed E-state index contributed by atoms with van der Waals surface area (Å²) in [6.45, 7) is 6.09. The second-order valence-electron chi connectivity index (χ2n) is 4.79. The number of nitrogens with one attached hydrogen (secondary N) is 3. The molecule has 1 amide bonds. The monoisotopic (exact) mass is 260 g/mol. The van der Waals surface area contributed by atoms with Crippen molar-refractivity contribution < 1.29 is 4.79 Å². The number of rotatable bonds is 4. The van der Waals surface area contributed by atoms with Gasteiger partial charge in [-0.2, -0.15) is 0 Å². The van der Waals surface area contributed by atoms with Gasteiger partial charge in [-0.25, -0.2) is 0 Å². The lowest BCUT2D eigenvalue weighted by Gasteiger charge is -2.09. The molecule has 1 aliphatic heterocycles. The third kappa shape index (κ3) is 3.98. The number of carbonyl (C=O) groups is 1. The number of aryl methyl sites for hydroxylation is 1. The second kappa shape index (κ2) is 6.22. The molecule has 1 aromatic rings. The molecule has 102 valence electrons. The van der Waals surface area contributed by atoms with Crippen molar-refractivity contribution in [1.82, 2.24) is 16.0 Å². The van der Waals surface area contributed by atoms with Gasteiger partial charge in [0.05, 0.1) is 6.54 Å². The molecule has 0 bridgehead atoms. The van der Waals surface area contributed by atoms with E-state index in [0.717, 1.165) is 18.1 Å². The number of benzene rings is 1. The van der Waals surface area contributed by atoms with Crippen LogP contribution < -0.4 is 16.0 Å². The molecule has 1 atom stereocenters. The molecule has 19 heavy (non-hydrogen) atoms. The van der Waals surface area contributed by atoms with E-state index in [1.807, 2.05) is 31.2 Å². The van der Waals surface area contributed by atoms with Crippen LogP contribution in [0.5, 0.6) is 0 Å². The number of hydrogen-bond donors (Lipinski definition) is 3. The first kappa shape index (κ1) is 13.4. The molecule has 2 rings (SSSR count). The Bertz CT molecular complexity index is 484. The maximum absolute atomic E-state index is 11.9. The summed E-state index contributed by atoms with van der Waals surface area (Å²) in [6, 6.07) is 7.96. The zero-order valence-electron chi connectivity index (χ0n) is 11.4. The molecule has 0 saturated carbocycles. The Kier molecular flexibility index (Phi) is 4.39. The van der Waals surface area contributed by atoms with Gasteiger partial charge < -0.3 is 16.0 Å². The zero-order chi connectivity index (χ0) is 13.7. The summed E-state index contributed by atoms with van der Waals surface area (Å²) in [7, 11) is 0. The van der Waals surface area contributed by atoms with Gasteiger partial charge in [0.15, 0.2) is 5.96 Å². The van der Waals surface area contributed by atoms with E-state index < -0.39 is 0 Å². The maximum atomic E-state index is 11.9. The lowest BCUT2D eigenvalue weighted by molar-refractivity contribution is 0.0954. The van der Waals surface area contributed by atoms with Crippen molar-refractivity contribution in [3.63, 3.8) is 0 Å². The quantitative estimate of drug-likeness (QED) is 0.697. The van der Waals surface area contributed by atoms with Gasteiger partial charge in [-0.1, -0.05) is 17.7 Å². The molecule has 0 radical (unpaired) electrons. The second-order valence-corrected chi connectivity index (χ2v) is 4.79. The van der Waals surface area contributed by atoms with E-state index in [1.165, 1.54) is 0 Å². The normalized spacial score (nSPS) is 17.6. The van der Waals surface area contributed by atoms with Crippen LogP contribution in [0.4, 0.5) is 0 Å². The first-order chi connectivity index (χ1) is 9.15. The molecule has 1 heterocycles. The summed E-state index contributed by atoms with van der Waals surface area (Å²) in [5.41, 5.74) is 1.79. The molecule has 1 aliphatic rings. The van der Waals surface area contributed by atoms with Crippen LogP contribution in [0, 0.1) is 6.92 Å². The summed E-state index contributed by atoms with van der Waals surface area (Å²) < 4.78 is 0. The third-order valence-corrected chi connectivity index (χ3v) is 2.89. The van der Waals surface area contributed by atoms with Crippen LogP contribution in [0.2, 0.25) is 0 Å². The first-order valence-corrected chi connectivity index (χ1v) is 6.55. The van der Waals surface area contributed by atoms with Crippen molar-refractivity contribution in [2.75, 3.05) is 19.6 Å². The Balaban J connectivity index is 1.70. The van der Waals surface area contributed by atoms with Crippen molar-refractivity contribution in [3.8, 4) is 0 Å². The average molecular weight is 260 g/mol. The number of aliphatic imine (C=N–C) groups is 1. The van der Waals surface area contributed by atoms with Gasteiger partial charge in [0.2, 0.25) is 0 Å². The smallest absolute Gasteiger partial charge is 0.251 e. The van der Waals surface area contributed by atoms with Crippen LogP contribution in [0.3, 0.4) is 0 Å². The van der Waals surface area contributed by atoms with E-state index in [9.17, 15) is 4.79 Å². The summed E-state index contributed by atoms with van der Waals surface area (Å²) in [6.07, 6.45) is 0. The highest BCUT2D eigenvalue weighted by Gasteiger charge is 2.11. The van der Waals surface area contributed by atoms with Gasteiger partial charge in [0, 0.05) is 24.7 Å². The lowest BCUT2D eigenvalue weighted by atomic mass is 10.1. The fraction of sp³-hybridized carbons (Fsp3) is 0.429. The van der Waals surface area contributed by atoms with Crippen LogP contribution in [-0.2, 0) is 0 Å². The largest absolute Gasteiger partial charge is 0.355 e. The molecule has 5 nitrogen and oxygen atoms in total. The molecular formula is C14H20N4O. The summed E-state index contributed by atoms with van der Waals surface area (Å²) in [5.74, 6) is 0.775. The summed E-state index contributed by atoms with van der Waals surface area (Å²) in [5, 5.41) is 9.24. The number of amides is 1. The minimum absolute atomic E-state index is 0.0415. The van der Waals surface area contributed by atoms with E-state index in [-0.39, 0.29) is 5.91 Å². The van der Waals surface area contributed by atoms with Crippen molar-refractivity contribution in [3.05, 3.63) is 35.4 Å². The van der Waals surface area contributed by atoms with Gasteiger partial charge in [-0.3, -0.25) is 9.79 Å². The molecule has 1 aromatic carbocycles. The molecule has 0 aliphatic carbocycles. The van der Waals surface area contributed by atoms with E-state index >= 15 is 0 Å². The topological polar surface area (TPSA) is 65.5 Å². The number of hydrogen-bond acceptors (Lipinski definition) is 4. The number of guanidine groups is 1. The lowest BCUT2D eigenvalue weighted by Crippen LogP contribution is -2.41. The maximum Gasteiger partial charge on any atom is 0.251 e. The number of carbonyl (C=O) groups excluding carboxylic acids is 1.